The summed E-state index contributed by atoms with van der Waals surface area (Å²) in [6.07, 6.45) is 6.80. The third-order valence-corrected chi connectivity index (χ3v) is 10.9. The highest BCUT2D eigenvalue weighted by molar-refractivity contribution is 5.90. The molecule has 0 amide bonds. The van der Waals surface area contributed by atoms with E-state index in [2.05, 4.69) is 39.8 Å². The van der Waals surface area contributed by atoms with Crippen molar-refractivity contribution in [3.05, 3.63) is 69.8 Å². The fraction of sp³-hybridized carbons (Fsp3) is 0.600. The highest BCUT2D eigenvalue weighted by Crippen LogP contribution is 2.77. The van der Waals surface area contributed by atoms with Crippen molar-refractivity contribution in [2.75, 3.05) is 13.2 Å². The molecule has 1 unspecified atom stereocenters. The highest BCUT2D eigenvalue weighted by atomic mass is 16.5. The Morgan fingerprint density at radius 3 is 1.43 bits per heavy atom. The van der Waals surface area contributed by atoms with Crippen LogP contribution in [0.5, 0.6) is 0 Å². The summed E-state index contributed by atoms with van der Waals surface area (Å²) >= 11 is 0. The molecule has 0 aliphatic heterocycles. The molecular formula is C35H46O5. The second-order valence-corrected chi connectivity index (χ2v) is 13.7. The van der Waals surface area contributed by atoms with E-state index in [1.807, 2.05) is 45.0 Å². The van der Waals surface area contributed by atoms with Gasteiger partial charge < -0.3 is 14.6 Å². The molecule has 6 aliphatic carbocycles. The molecule has 5 nitrogen and oxygen atoms in total. The largest absolute Gasteiger partial charge is 0.462 e. The number of aliphatic hydroxyl groups is 1. The molecule has 40 heavy (non-hydrogen) atoms. The first-order chi connectivity index (χ1) is 18.8. The Labute approximate surface area is 239 Å². The van der Waals surface area contributed by atoms with Gasteiger partial charge in [-0.05, 0) is 147 Å². The van der Waals surface area contributed by atoms with Crippen LogP contribution in [-0.4, -0.2) is 36.4 Å². The van der Waals surface area contributed by atoms with Crippen LogP contribution >= 0.6 is 0 Å². The van der Waals surface area contributed by atoms with Gasteiger partial charge in [-0.25, -0.2) is 9.59 Å². The Morgan fingerprint density at radius 1 is 0.725 bits per heavy atom. The standard InChI is InChI=1S/C18H24O2.C17H22O3/c1-5-20-16(19)14-7-6-13(4)15(8-14)18-9-17(10-18,11-18)12(2)3;1-4-20-15(19)13-6-5-11(2)14(7-13)17-8-16(9-17,10-17)12(3)18/h6-8,12H,5,9-11H2,1-4H3;5-7,12,18H,4,8-10H2,1-3H3. The van der Waals surface area contributed by atoms with Crippen molar-refractivity contribution in [3.8, 4) is 0 Å². The Bertz CT molecular complexity index is 1180. The van der Waals surface area contributed by atoms with Crippen LogP contribution in [0.1, 0.15) is 116 Å². The molecule has 2 aromatic rings. The third kappa shape index (κ3) is 4.40. The number of ether oxygens (including phenoxy) is 2. The number of benzene rings is 2. The maximum absolute atomic E-state index is 11.9. The molecule has 6 saturated carbocycles. The van der Waals surface area contributed by atoms with E-state index in [0.29, 0.717) is 35.2 Å². The van der Waals surface area contributed by atoms with Crippen LogP contribution in [0.25, 0.3) is 0 Å². The van der Waals surface area contributed by atoms with Crippen LogP contribution in [0.3, 0.4) is 0 Å². The zero-order valence-corrected chi connectivity index (χ0v) is 25.4. The normalized spacial score (nSPS) is 31.3. The SMILES string of the molecule is CCOC(=O)c1ccc(C)c(C23CC(C(C)C)(C2)C3)c1.CCOC(=O)c1ccc(C)c(C23CC(C(C)O)(C2)C3)c1. The molecule has 0 spiro atoms. The predicted molar refractivity (Wildman–Crippen MR) is 157 cm³/mol. The van der Waals surface area contributed by atoms with Gasteiger partial charge in [0.2, 0.25) is 0 Å². The van der Waals surface area contributed by atoms with Gasteiger partial charge in [0.1, 0.15) is 0 Å². The monoisotopic (exact) mass is 546 g/mol. The van der Waals surface area contributed by atoms with E-state index < -0.39 is 0 Å². The fourth-order valence-corrected chi connectivity index (χ4v) is 8.43. The lowest BCUT2D eigenvalue weighted by molar-refractivity contribution is -0.202. The summed E-state index contributed by atoms with van der Waals surface area (Å²) in [5.41, 5.74) is 7.83. The van der Waals surface area contributed by atoms with Gasteiger partial charge in [0.15, 0.2) is 0 Å². The van der Waals surface area contributed by atoms with E-state index in [9.17, 15) is 14.7 Å². The van der Waals surface area contributed by atoms with Gasteiger partial charge >= 0.3 is 11.9 Å². The second kappa shape index (κ2) is 10.0. The molecule has 0 radical (unpaired) electrons. The first kappa shape index (κ1) is 28.9. The Kier molecular flexibility index (Phi) is 7.22. The van der Waals surface area contributed by atoms with Crippen molar-refractivity contribution < 1.29 is 24.2 Å². The average Bonchev–Trinajstić information content (AvgIpc) is 2.78. The molecule has 6 aliphatic rings. The molecule has 8 rings (SSSR count). The smallest absolute Gasteiger partial charge is 0.338 e. The zero-order chi connectivity index (χ0) is 29.1. The van der Waals surface area contributed by atoms with Crippen LogP contribution in [0.4, 0.5) is 0 Å². The minimum absolute atomic E-state index is 0.145. The van der Waals surface area contributed by atoms with Gasteiger partial charge in [-0.2, -0.15) is 0 Å². The molecule has 4 bridgehead atoms. The van der Waals surface area contributed by atoms with Gasteiger partial charge in [0, 0.05) is 0 Å². The Hall–Kier alpha value is -2.66. The maximum Gasteiger partial charge on any atom is 0.338 e. The lowest BCUT2D eigenvalue weighted by Crippen LogP contribution is -2.68. The van der Waals surface area contributed by atoms with E-state index in [0.717, 1.165) is 25.2 Å². The number of hydrogen-bond acceptors (Lipinski definition) is 5. The molecule has 1 atom stereocenters. The van der Waals surface area contributed by atoms with Crippen molar-refractivity contribution in [1.82, 2.24) is 0 Å². The van der Waals surface area contributed by atoms with Gasteiger partial charge in [0.05, 0.1) is 30.4 Å². The minimum Gasteiger partial charge on any atom is -0.462 e. The summed E-state index contributed by atoms with van der Waals surface area (Å²) in [4.78, 5) is 23.8. The van der Waals surface area contributed by atoms with Crippen molar-refractivity contribution in [1.29, 1.82) is 0 Å². The third-order valence-electron chi connectivity index (χ3n) is 10.9. The Balaban J connectivity index is 0.000000161. The molecule has 0 saturated heterocycles. The van der Waals surface area contributed by atoms with Crippen LogP contribution < -0.4 is 0 Å². The van der Waals surface area contributed by atoms with Gasteiger partial charge in [-0.3, -0.25) is 0 Å². The second-order valence-electron chi connectivity index (χ2n) is 13.7. The quantitative estimate of drug-likeness (QED) is 0.354. The fourth-order valence-electron chi connectivity index (χ4n) is 8.43. The van der Waals surface area contributed by atoms with Crippen molar-refractivity contribution in [3.63, 3.8) is 0 Å². The van der Waals surface area contributed by atoms with E-state index in [-0.39, 0.29) is 28.9 Å². The maximum atomic E-state index is 11.9. The lowest BCUT2D eigenvalue weighted by atomic mass is 9.30. The first-order valence-corrected chi connectivity index (χ1v) is 15.1. The summed E-state index contributed by atoms with van der Waals surface area (Å²) < 4.78 is 10.2. The summed E-state index contributed by atoms with van der Waals surface area (Å²) in [6, 6.07) is 11.9. The van der Waals surface area contributed by atoms with Gasteiger partial charge in [0.25, 0.3) is 0 Å². The van der Waals surface area contributed by atoms with E-state index in [1.54, 1.807) is 0 Å². The minimum atomic E-state index is -0.245. The molecule has 6 fully saturated rings. The highest BCUT2D eigenvalue weighted by Gasteiger charge is 2.70. The number of aryl methyl sites for hydroxylation is 2. The number of rotatable bonds is 8. The van der Waals surface area contributed by atoms with E-state index >= 15 is 0 Å². The zero-order valence-electron chi connectivity index (χ0n) is 25.4. The van der Waals surface area contributed by atoms with Crippen LogP contribution in [-0.2, 0) is 20.3 Å². The number of carbonyl (C=O) groups is 2. The molecule has 2 aromatic carbocycles. The van der Waals surface area contributed by atoms with E-state index in [4.69, 9.17) is 9.47 Å². The average molecular weight is 547 g/mol. The predicted octanol–water partition coefficient (Wildman–Crippen LogP) is 7.22. The van der Waals surface area contributed by atoms with Crippen molar-refractivity contribution in [2.24, 2.45) is 16.7 Å². The van der Waals surface area contributed by atoms with Crippen LogP contribution in [0, 0.1) is 30.6 Å². The summed E-state index contributed by atoms with van der Waals surface area (Å²) in [5.74, 6) is 0.336. The van der Waals surface area contributed by atoms with Crippen LogP contribution in [0.2, 0.25) is 0 Å². The van der Waals surface area contributed by atoms with Crippen molar-refractivity contribution in [2.45, 2.75) is 104 Å². The molecule has 0 aromatic heterocycles. The lowest BCUT2D eigenvalue weighted by Gasteiger charge is -2.73. The van der Waals surface area contributed by atoms with Crippen LogP contribution in [0.15, 0.2) is 36.4 Å². The molecule has 1 N–H and O–H groups in total. The van der Waals surface area contributed by atoms with Gasteiger partial charge in [-0.15, -0.1) is 0 Å². The number of carbonyl (C=O) groups excluding carboxylic acids is 2. The Morgan fingerprint density at radius 2 is 1.10 bits per heavy atom. The number of hydrogen-bond donors (Lipinski definition) is 1. The molecule has 5 heteroatoms. The molecule has 216 valence electrons. The summed E-state index contributed by atoms with van der Waals surface area (Å²) in [7, 11) is 0. The summed E-state index contributed by atoms with van der Waals surface area (Å²) in [5, 5.41) is 9.84. The molecular weight excluding hydrogens is 500 g/mol. The van der Waals surface area contributed by atoms with Gasteiger partial charge in [-0.1, -0.05) is 26.0 Å². The summed E-state index contributed by atoms with van der Waals surface area (Å²) in [6.45, 7) is 15.3. The topological polar surface area (TPSA) is 72.8 Å². The van der Waals surface area contributed by atoms with E-state index in [1.165, 1.54) is 41.5 Å². The van der Waals surface area contributed by atoms with Crippen molar-refractivity contribution >= 4 is 11.9 Å². The molecule has 0 heterocycles. The number of aliphatic hydroxyl groups excluding tert-OH is 1. The number of esters is 2. The first-order valence-electron chi connectivity index (χ1n) is 15.1.